The third-order valence-electron chi connectivity index (χ3n) is 6.08. The molecule has 5 rings (SSSR count). The minimum atomic E-state index is -0.0753. The molecular formula is C26H27N5O2. The van der Waals surface area contributed by atoms with Crippen LogP contribution in [0, 0.1) is 0 Å². The lowest BCUT2D eigenvalue weighted by Crippen LogP contribution is -2.46. The zero-order valence-corrected chi connectivity index (χ0v) is 18.9. The number of para-hydroxylation sites is 3. The van der Waals surface area contributed by atoms with Gasteiger partial charge in [-0.15, -0.1) is 5.10 Å². The van der Waals surface area contributed by atoms with Crippen molar-refractivity contribution >= 4 is 22.6 Å². The molecule has 3 aromatic carbocycles. The normalized spacial score (nSPS) is 15.2. The molecule has 0 spiro atoms. The zero-order valence-electron chi connectivity index (χ0n) is 18.9. The van der Waals surface area contributed by atoms with E-state index >= 15 is 0 Å². The number of rotatable bonds is 6. The van der Waals surface area contributed by atoms with E-state index in [1.54, 1.807) is 4.90 Å². The number of ether oxygens (including phenoxy) is 1. The standard InChI is InChI=1S/C26H27N5O2/c1-3-30-18-21(33-25-11-7-6-10-24(25)30)17-29(2)26(32)20-14-12-19(13-15-20)16-31-23-9-5-4-8-22(23)27-28-31/h4-15,21H,3,16-18H2,1-2H3. The smallest absolute Gasteiger partial charge is 0.253 e. The summed E-state index contributed by atoms with van der Waals surface area (Å²) in [5.74, 6) is 0.861. The molecule has 168 valence electrons. The maximum atomic E-state index is 13.0. The van der Waals surface area contributed by atoms with Crippen LogP contribution in [0.25, 0.3) is 11.0 Å². The molecular weight excluding hydrogens is 414 g/mol. The van der Waals surface area contributed by atoms with E-state index in [1.165, 1.54) is 0 Å². The molecule has 2 heterocycles. The SMILES string of the molecule is CCN1CC(CN(C)C(=O)c2ccc(Cn3nnc4ccccc43)cc2)Oc2ccccc21. The van der Waals surface area contributed by atoms with Gasteiger partial charge in [-0.3, -0.25) is 4.79 Å². The van der Waals surface area contributed by atoms with Crippen molar-refractivity contribution in [2.24, 2.45) is 0 Å². The van der Waals surface area contributed by atoms with Gasteiger partial charge in [-0.1, -0.05) is 41.6 Å². The molecule has 1 aliphatic rings. The lowest BCUT2D eigenvalue weighted by molar-refractivity contribution is 0.0709. The van der Waals surface area contributed by atoms with Crippen LogP contribution in [0.3, 0.4) is 0 Å². The molecule has 1 aliphatic heterocycles. The van der Waals surface area contributed by atoms with E-state index < -0.39 is 0 Å². The van der Waals surface area contributed by atoms with E-state index in [0.717, 1.165) is 41.1 Å². The molecule has 0 radical (unpaired) electrons. The van der Waals surface area contributed by atoms with E-state index in [2.05, 4.69) is 28.2 Å². The Balaban J connectivity index is 1.24. The molecule has 0 saturated heterocycles. The van der Waals surface area contributed by atoms with Crippen LogP contribution in [0.1, 0.15) is 22.8 Å². The number of hydrogen-bond acceptors (Lipinski definition) is 5. The third-order valence-corrected chi connectivity index (χ3v) is 6.08. The Morgan fingerprint density at radius 2 is 1.82 bits per heavy atom. The number of aromatic nitrogens is 3. The van der Waals surface area contributed by atoms with Gasteiger partial charge in [-0.25, -0.2) is 4.68 Å². The van der Waals surface area contributed by atoms with Crippen molar-refractivity contribution in [1.29, 1.82) is 0 Å². The number of anilines is 1. The van der Waals surface area contributed by atoms with Gasteiger partial charge in [0, 0.05) is 19.2 Å². The van der Waals surface area contributed by atoms with Gasteiger partial charge < -0.3 is 14.5 Å². The Morgan fingerprint density at radius 3 is 2.64 bits per heavy atom. The minimum absolute atomic E-state index is 0.0155. The van der Waals surface area contributed by atoms with Gasteiger partial charge in [-0.05, 0) is 48.9 Å². The van der Waals surface area contributed by atoms with Gasteiger partial charge >= 0.3 is 0 Å². The van der Waals surface area contributed by atoms with Crippen molar-refractivity contribution in [2.75, 3.05) is 31.6 Å². The van der Waals surface area contributed by atoms with Crippen LogP contribution < -0.4 is 9.64 Å². The number of hydrogen-bond donors (Lipinski definition) is 0. The average molecular weight is 442 g/mol. The largest absolute Gasteiger partial charge is 0.485 e. The summed E-state index contributed by atoms with van der Waals surface area (Å²) in [5, 5.41) is 8.45. The number of carbonyl (C=O) groups is 1. The zero-order chi connectivity index (χ0) is 22.8. The van der Waals surface area contributed by atoms with Gasteiger partial charge in [0.1, 0.15) is 17.4 Å². The lowest BCUT2D eigenvalue weighted by Gasteiger charge is -2.37. The van der Waals surface area contributed by atoms with Crippen molar-refractivity contribution < 1.29 is 9.53 Å². The highest BCUT2D eigenvalue weighted by atomic mass is 16.5. The number of fused-ring (bicyclic) bond motifs is 2. The molecule has 0 bridgehead atoms. The second-order valence-corrected chi connectivity index (χ2v) is 8.36. The molecule has 1 atom stereocenters. The van der Waals surface area contributed by atoms with Crippen molar-refractivity contribution in [3.8, 4) is 5.75 Å². The van der Waals surface area contributed by atoms with E-state index in [-0.39, 0.29) is 12.0 Å². The minimum Gasteiger partial charge on any atom is -0.485 e. The lowest BCUT2D eigenvalue weighted by atomic mass is 10.1. The van der Waals surface area contributed by atoms with E-state index in [4.69, 9.17) is 4.74 Å². The van der Waals surface area contributed by atoms with Crippen LogP contribution in [0.2, 0.25) is 0 Å². The van der Waals surface area contributed by atoms with Crippen LogP contribution in [0.4, 0.5) is 5.69 Å². The van der Waals surface area contributed by atoms with Crippen molar-refractivity contribution in [2.45, 2.75) is 19.6 Å². The molecule has 1 amide bonds. The number of carbonyl (C=O) groups excluding carboxylic acids is 1. The van der Waals surface area contributed by atoms with Crippen LogP contribution in [-0.4, -0.2) is 58.6 Å². The number of benzene rings is 3. The van der Waals surface area contributed by atoms with Gasteiger partial charge in [-0.2, -0.15) is 0 Å². The second kappa shape index (κ2) is 8.94. The second-order valence-electron chi connectivity index (χ2n) is 8.36. The molecule has 33 heavy (non-hydrogen) atoms. The summed E-state index contributed by atoms with van der Waals surface area (Å²) >= 11 is 0. The number of amides is 1. The maximum absolute atomic E-state index is 13.0. The van der Waals surface area contributed by atoms with Crippen LogP contribution in [0.5, 0.6) is 5.75 Å². The van der Waals surface area contributed by atoms with E-state index in [0.29, 0.717) is 18.7 Å². The number of nitrogens with zero attached hydrogens (tertiary/aromatic N) is 5. The summed E-state index contributed by atoms with van der Waals surface area (Å²) < 4.78 is 8.05. The average Bonchev–Trinajstić information content (AvgIpc) is 3.26. The monoisotopic (exact) mass is 441 g/mol. The summed E-state index contributed by atoms with van der Waals surface area (Å²) in [5.41, 5.74) is 4.71. The molecule has 7 nitrogen and oxygen atoms in total. The highest BCUT2D eigenvalue weighted by Gasteiger charge is 2.27. The molecule has 7 heteroatoms. The Bertz CT molecular complexity index is 1270. The van der Waals surface area contributed by atoms with Gasteiger partial charge in [0.2, 0.25) is 0 Å². The summed E-state index contributed by atoms with van der Waals surface area (Å²) in [6, 6.07) is 23.7. The highest BCUT2D eigenvalue weighted by molar-refractivity contribution is 5.94. The Kier molecular flexibility index (Phi) is 5.69. The molecule has 1 unspecified atom stereocenters. The fraction of sp³-hybridized carbons (Fsp3) is 0.269. The predicted molar refractivity (Wildman–Crippen MR) is 129 cm³/mol. The molecule has 0 saturated carbocycles. The first-order chi connectivity index (χ1) is 16.1. The molecule has 0 fully saturated rings. The first kappa shape index (κ1) is 21.0. The summed E-state index contributed by atoms with van der Waals surface area (Å²) in [6.07, 6.45) is -0.0753. The van der Waals surface area contributed by atoms with E-state index in [1.807, 2.05) is 78.5 Å². The molecule has 0 N–H and O–H groups in total. The third kappa shape index (κ3) is 4.26. The highest BCUT2D eigenvalue weighted by Crippen LogP contribution is 2.33. The first-order valence-corrected chi connectivity index (χ1v) is 11.3. The van der Waals surface area contributed by atoms with Crippen molar-refractivity contribution in [3.63, 3.8) is 0 Å². The van der Waals surface area contributed by atoms with Crippen LogP contribution in [0.15, 0.2) is 72.8 Å². The maximum Gasteiger partial charge on any atom is 0.253 e. The molecule has 0 aliphatic carbocycles. The molecule has 1 aromatic heterocycles. The van der Waals surface area contributed by atoms with E-state index in [9.17, 15) is 4.79 Å². The first-order valence-electron chi connectivity index (χ1n) is 11.3. The Morgan fingerprint density at radius 1 is 1.06 bits per heavy atom. The van der Waals surface area contributed by atoms with Crippen molar-refractivity contribution in [3.05, 3.63) is 83.9 Å². The molecule has 4 aromatic rings. The summed E-state index contributed by atoms with van der Waals surface area (Å²) in [4.78, 5) is 17.1. The topological polar surface area (TPSA) is 63.5 Å². The summed E-state index contributed by atoms with van der Waals surface area (Å²) in [6.45, 7) is 4.92. The Labute approximate surface area is 193 Å². The predicted octanol–water partition coefficient (Wildman–Crippen LogP) is 3.84. The fourth-order valence-corrected chi connectivity index (χ4v) is 4.34. The van der Waals surface area contributed by atoms with Gasteiger partial charge in [0.15, 0.2) is 0 Å². The van der Waals surface area contributed by atoms with Crippen LogP contribution in [-0.2, 0) is 6.54 Å². The summed E-state index contributed by atoms with van der Waals surface area (Å²) in [7, 11) is 1.83. The van der Waals surface area contributed by atoms with Crippen molar-refractivity contribution in [1.82, 2.24) is 19.9 Å². The van der Waals surface area contributed by atoms with Gasteiger partial charge in [0.25, 0.3) is 5.91 Å². The number of likely N-dealkylation sites (N-methyl/N-ethyl adjacent to an activating group) is 2. The fourth-order valence-electron chi connectivity index (χ4n) is 4.34. The Hall–Kier alpha value is -3.87. The van der Waals surface area contributed by atoms with Gasteiger partial charge in [0.05, 0.1) is 30.8 Å². The van der Waals surface area contributed by atoms with Crippen LogP contribution >= 0.6 is 0 Å². The quantitative estimate of drug-likeness (QED) is 0.455.